The molecule has 0 radical (unpaired) electrons. The number of aliphatic hydroxyl groups excluding tert-OH is 1. The SMILES string of the molecule is NC(CO)C(=O)N1CCSCC1. The molecular formula is C7H14N2O2S. The predicted octanol–water partition coefficient (Wildman–Crippen LogP) is -1.12. The number of hydrogen-bond donors (Lipinski definition) is 2. The minimum Gasteiger partial charge on any atom is -0.394 e. The summed E-state index contributed by atoms with van der Waals surface area (Å²) in [7, 11) is 0. The summed E-state index contributed by atoms with van der Waals surface area (Å²) in [5.74, 6) is 1.83. The van der Waals surface area contributed by atoms with Crippen molar-refractivity contribution in [2.24, 2.45) is 5.73 Å². The Hall–Kier alpha value is -0.260. The first-order valence-electron chi connectivity index (χ1n) is 3.98. The average molecular weight is 190 g/mol. The van der Waals surface area contributed by atoms with Gasteiger partial charge in [0.15, 0.2) is 0 Å². The molecule has 1 fully saturated rings. The lowest BCUT2D eigenvalue weighted by molar-refractivity contribution is -0.133. The van der Waals surface area contributed by atoms with Gasteiger partial charge in [-0.25, -0.2) is 0 Å². The third-order valence-electron chi connectivity index (χ3n) is 1.84. The van der Waals surface area contributed by atoms with Crippen molar-refractivity contribution in [1.29, 1.82) is 0 Å². The Morgan fingerprint density at radius 3 is 2.67 bits per heavy atom. The van der Waals surface area contributed by atoms with Crippen molar-refractivity contribution >= 4 is 17.7 Å². The lowest BCUT2D eigenvalue weighted by Gasteiger charge is -2.28. The topological polar surface area (TPSA) is 66.6 Å². The van der Waals surface area contributed by atoms with Crippen molar-refractivity contribution in [2.45, 2.75) is 6.04 Å². The minimum atomic E-state index is -0.729. The van der Waals surface area contributed by atoms with Crippen molar-refractivity contribution in [2.75, 3.05) is 31.2 Å². The minimum absolute atomic E-state index is 0.127. The summed E-state index contributed by atoms with van der Waals surface area (Å²) in [6.07, 6.45) is 0. The molecule has 1 saturated heterocycles. The second kappa shape index (κ2) is 4.69. The highest BCUT2D eigenvalue weighted by molar-refractivity contribution is 7.99. The summed E-state index contributed by atoms with van der Waals surface area (Å²) in [6, 6.07) is -0.729. The monoisotopic (exact) mass is 190 g/mol. The molecule has 12 heavy (non-hydrogen) atoms. The van der Waals surface area contributed by atoms with Gasteiger partial charge in [0.1, 0.15) is 6.04 Å². The molecule has 0 aromatic carbocycles. The molecule has 0 spiro atoms. The van der Waals surface area contributed by atoms with E-state index in [1.54, 1.807) is 4.90 Å². The Labute approximate surface area is 76.1 Å². The van der Waals surface area contributed by atoms with E-state index in [9.17, 15) is 4.79 Å². The van der Waals surface area contributed by atoms with E-state index in [0.29, 0.717) is 0 Å². The first-order chi connectivity index (χ1) is 5.75. The van der Waals surface area contributed by atoms with Crippen molar-refractivity contribution in [3.63, 3.8) is 0 Å². The van der Waals surface area contributed by atoms with Crippen molar-refractivity contribution < 1.29 is 9.90 Å². The molecule has 1 unspecified atom stereocenters. The Bertz CT molecular complexity index is 159. The molecule has 3 N–H and O–H groups in total. The van der Waals surface area contributed by atoms with Gasteiger partial charge in [-0.1, -0.05) is 0 Å². The van der Waals surface area contributed by atoms with E-state index in [2.05, 4.69) is 0 Å². The third kappa shape index (κ3) is 2.36. The molecule has 0 aromatic heterocycles. The number of rotatable bonds is 2. The highest BCUT2D eigenvalue weighted by atomic mass is 32.2. The molecular weight excluding hydrogens is 176 g/mol. The van der Waals surface area contributed by atoms with E-state index < -0.39 is 6.04 Å². The molecule has 0 aliphatic carbocycles. The normalized spacial score (nSPS) is 20.7. The van der Waals surface area contributed by atoms with Crippen molar-refractivity contribution in [3.8, 4) is 0 Å². The van der Waals surface area contributed by atoms with Crippen LogP contribution < -0.4 is 5.73 Å². The van der Waals surface area contributed by atoms with Gasteiger partial charge in [0.2, 0.25) is 5.91 Å². The molecule has 1 amide bonds. The molecule has 1 rings (SSSR count). The number of amides is 1. The summed E-state index contributed by atoms with van der Waals surface area (Å²) < 4.78 is 0. The van der Waals surface area contributed by atoms with E-state index in [-0.39, 0.29) is 12.5 Å². The second-order valence-electron chi connectivity index (χ2n) is 2.73. The maximum Gasteiger partial charge on any atom is 0.241 e. The van der Waals surface area contributed by atoms with E-state index in [1.807, 2.05) is 11.8 Å². The van der Waals surface area contributed by atoms with Gasteiger partial charge in [-0.2, -0.15) is 11.8 Å². The molecule has 4 nitrogen and oxygen atoms in total. The smallest absolute Gasteiger partial charge is 0.241 e. The van der Waals surface area contributed by atoms with Gasteiger partial charge in [0.25, 0.3) is 0 Å². The molecule has 70 valence electrons. The van der Waals surface area contributed by atoms with E-state index in [4.69, 9.17) is 10.8 Å². The molecule has 1 aliphatic heterocycles. The van der Waals surface area contributed by atoms with E-state index >= 15 is 0 Å². The number of thioether (sulfide) groups is 1. The van der Waals surface area contributed by atoms with Gasteiger partial charge in [-0.3, -0.25) is 4.79 Å². The first kappa shape index (κ1) is 9.83. The largest absolute Gasteiger partial charge is 0.394 e. The van der Waals surface area contributed by atoms with Crippen LogP contribution in [0.1, 0.15) is 0 Å². The number of nitrogens with two attached hydrogens (primary N) is 1. The fraction of sp³-hybridized carbons (Fsp3) is 0.857. The van der Waals surface area contributed by atoms with Gasteiger partial charge in [-0.05, 0) is 0 Å². The zero-order valence-corrected chi connectivity index (χ0v) is 7.72. The Kier molecular flexibility index (Phi) is 3.84. The number of carbonyl (C=O) groups excluding carboxylic acids is 1. The fourth-order valence-electron chi connectivity index (χ4n) is 1.10. The lowest BCUT2D eigenvalue weighted by Crippen LogP contribution is -2.48. The van der Waals surface area contributed by atoms with Gasteiger partial charge in [-0.15, -0.1) is 0 Å². The molecule has 0 aromatic rings. The van der Waals surface area contributed by atoms with E-state index in [0.717, 1.165) is 24.6 Å². The predicted molar refractivity (Wildman–Crippen MR) is 49.0 cm³/mol. The van der Waals surface area contributed by atoms with Crippen LogP contribution in [0.2, 0.25) is 0 Å². The van der Waals surface area contributed by atoms with Crippen LogP contribution in [0.25, 0.3) is 0 Å². The molecule has 0 saturated carbocycles. The van der Waals surface area contributed by atoms with Gasteiger partial charge >= 0.3 is 0 Å². The number of carbonyl (C=O) groups is 1. The highest BCUT2D eigenvalue weighted by Gasteiger charge is 2.21. The van der Waals surface area contributed by atoms with Crippen molar-refractivity contribution in [1.82, 2.24) is 4.90 Å². The Balaban J connectivity index is 2.39. The molecule has 1 aliphatic rings. The number of aliphatic hydroxyl groups is 1. The standard InChI is InChI=1S/C7H14N2O2S/c8-6(5-10)7(11)9-1-3-12-4-2-9/h6,10H,1-5,8H2. The number of nitrogens with zero attached hydrogens (tertiary/aromatic N) is 1. The van der Waals surface area contributed by atoms with Gasteiger partial charge in [0.05, 0.1) is 6.61 Å². The summed E-state index contributed by atoms with van der Waals surface area (Å²) >= 11 is 1.84. The molecule has 1 atom stereocenters. The Morgan fingerprint density at radius 1 is 1.58 bits per heavy atom. The van der Waals surface area contributed by atoms with Crippen LogP contribution in [-0.2, 0) is 4.79 Å². The highest BCUT2D eigenvalue weighted by Crippen LogP contribution is 2.09. The zero-order chi connectivity index (χ0) is 8.97. The lowest BCUT2D eigenvalue weighted by atomic mass is 10.3. The van der Waals surface area contributed by atoms with Crippen LogP contribution in [0.5, 0.6) is 0 Å². The second-order valence-corrected chi connectivity index (χ2v) is 3.95. The van der Waals surface area contributed by atoms with Crippen LogP contribution in [0.3, 0.4) is 0 Å². The summed E-state index contributed by atoms with van der Waals surface area (Å²) in [5, 5.41) is 8.66. The summed E-state index contributed by atoms with van der Waals surface area (Å²) in [6.45, 7) is 1.26. The first-order valence-corrected chi connectivity index (χ1v) is 5.14. The van der Waals surface area contributed by atoms with Gasteiger partial charge in [0, 0.05) is 24.6 Å². The fourth-order valence-corrected chi connectivity index (χ4v) is 2.00. The average Bonchev–Trinajstić information content (AvgIpc) is 2.17. The number of hydrogen-bond acceptors (Lipinski definition) is 4. The quantitative estimate of drug-likeness (QED) is 0.579. The zero-order valence-electron chi connectivity index (χ0n) is 6.90. The maximum atomic E-state index is 11.4. The summed E-state index contributed by atoms with van der Waals surface area (Å²) in [5.41, 5.74) is 5.40. The molecule has 0 bridgehead atoms. The van der Waals surface area contributed by atoms with Crippen molar-refractivity contribution in [3.05, 3.63) is 0 Å². The van der Waals surface area contributed by atoms with Crippen LogP contribution in [0.4, 0.5) is 0 Å². The Morgan fingerprint density at radius 2 is 2.17 bits per heavy atom. The van der Waals surface area contributed by atoms with Crippen LogP contribution >= 0.6 is 11.8 Å². The molecule has 5 heteroatoms. The van der Waals surface area contributed by atoms with E-state index in [1.165, 1.54) is 0 Å². The maximum absolute atomic E-state index is 11.4. The summed E-state index contributed by atoms with van der Waals surface area (Å²) in [4.78, 5) is 13.1. The van der Waals surface area contributed by atoms with Gasteiger partial charge < -0.3 is 15.7 Å². The van der Waals surface area contributed by atoms with Crippen LogP contribution in [0.15, 0.2) is 0 Å². The molecule has 1 heterocycles. The third-order valence-corrected chi connectivity index (χ3v) is 2.78. The van der Waals surface area contributed by atoms with Crippen LogP contribution in [0, 0.1) is 0 Å². The van der Waals surface area contributed by atoms with Crippen LogP contribution in [-0.4, -0.2) is 53.2 Å².